The molecule has 1 aliphatic heterocycles. The van der Waals surface area contributed by atoms with Crippen LogP contribution in [0.15, 0.2) is 79.1 Å². The molecule has 0 radical (unpaired) electrons. The first-order valence-electron chi connectivity index (χ1n) is 9.24. The Balaban J connectivity index is 1.72. The fourth-order valence-electron chi connectivity index (χ4n) is 3.82. The molecule has 0 bridgehead atoms. The number of benzene rings is 2. The number of likely N-dealkylation sites (N-methyl/N-ethyl adjacent to an activating group) is 1. The Hall–Kier alpha value is -3.47. The molecule has 5 heteroatoms. The fraction of sp³-hybridized carbons (Fsp3) is 0.174. The van der Waals surface area contributed by atoms with Crippen LogP contribution in [-0.4, -0.2) is 28.7 Å². The highest BCUT2D eigenvalue weighted by molar-refractivity contribution is 6.01. The lowest BCUT2D eigenvalue weighted by Crippen LogP contribution is -2.45. The van der Waals surface area contributed by atoms with E-state index in [4.69, 9.17) is 0 Å². The maximum absolute atomic E-state index is 13.3. The van der Waals surface area contributed by atoms with Gasteiger partial charge < -0.3 is 10.2 Å². The van der Waals surface area contributed by atoms with Crippen molar-refractivity contribution in [1.82, 2.24) is 15.2 Å². The van der Waals surface area contributed by atoms with E-state index in [1.54, 1.807) is 30.4 Å². The summed E-state index contributed by atoms with van der Waals surface area (Å²) in [5, 5.41) is 3.04. The highest BCUT2D eigenvalue weighted by Gasteiger charge is 2.42. The molecule has 0 unspecified atom stereocenters. The molecule has 1 N–H and O–H groups in total. The first kappa shape index (κ1) is 17.9. The van der Waals surface area contributed by atoms with Gasteiger partial charge in [0.1, 0.15) is 0 Å². The van der Waals surface area contributed by atoms with Gasteiger partial charge in [-0.05, 0) is 34.9 Å². The van der Waals surface area contributed by atoms with Gasteiger partial charge >= 0.3 is 0 Å². The minimum Gasteiger partial charge on any atom is -0.351 e. The number of amides is 2. The fourth-order valence-corrected chi connectivity index (χ4v) is 3.82. The smallest absolute Gasteiger partial charge is 0.254 e. The first-order valence-corrected chi connectivity index (χ1v) is 9.24. The lowest BCUT2D eigenvalue weighted by Gasteiger charge is -2.39. The summed E-state index contributed by atoms with van der Waals surface area (Å²) >= 11 is 0. The lowest BCUT2D eigenvalue weighted by atomic mass is 9.79. The molecule has 0 spiro atoms. The molecule has 4 rings (SSSR count). The molecule has 3 aromatic rings. The van der Waals surface area contributed by atoms with Crippen LogP contribution in [0.1, 0.15) is 39.0 Å². The molecule has 0 saturated carbocycles. The summed E-state index contributed by atoms with van der Waals surface area (Å²) in [6.45, 7) is 0.416. The zero-order valence-corrected chi connectivity index (χ0v) is 15.6. The number of nitrogens with zero attached hydrogens (tertiary/aromatic N) is 2. The molecule has 0 fully saturated rings. The number of aromatic nitrogens is 1. The van der Waals surface area contributed by atoms with E-state index in [1.807, 2.05) is 60.7 Å². The number of rotatable bonds is 4. The van der Waals surface area contributed by atoms with Gasteiger partial charge in [-0.15, -0.1) is 0 Å². The van der Waals surface area contributed by atoms with Gasteiger partial charge in [-0.25, -0.2) is 0 Å². The minimum atomic E-state index is -0.483. The van der Waals surface area contributed by atoms with Gasteiger partial charge in [0, 0.05) is 31.5 Å². The zero-order chi connectivity index (χ0) is 19.5. The van der Waals surface area contributed by atoms with E-state index in [2.05, 4.69) is 10.3 Å². The van der Waals surface area contributed by atoms with E-state index in [0.717, 1.165) is 16.7 Å². The van der Waals surface area contributed by atoms with Crippen molar-refractivity contribution in [2.45, 2.75) is 18.5 Å². The summed E-state index contributed by atoms with van der Waals surface area (Å²) in [6.07, 6.45) is 3.41. The van der Waals surface area contributed by atoms with Gasteiger partial charge in [-0.3, -0.25) is 14.6 Å². The van der Waals surface area contributed by atoms with Gasteiger partial charge in [0.15, 0.2) is 0 Å². The number of carbonyl (C=O) groups is 2. The number of fused-ring (bicyclic) bond motifs is 1. The number of hydrogen-bond acceptors (Lipinski definition) is 3. The van der Waals surface area contributed by atoms with Gasteiger partial charge in [0.2, 0.25) is 5.91 Å². The van der Waals surface area contributed by atoms with Crippen molar-refractivity contribution in [3.05, 3.63) is 101 Å². The molecule has 140 valence electrons. The first-order chi connectivity index (χ1) is 13.7. The number of nitrogens with one attached hydrogen (secondary N) is 1. The molecule has 1 aromatic heterocycles. The molecule has 2 atom stereocenters. The Bertz CT molecular complexity index is 989. The van der Waals surface area contributed by atoms with Crippen LogP contribution in [0.2, 0.25) is 0 Å². The van der Waals surface area contributed by atoms with Crippen molar-refractivity contribution >= 4 is 11.8 Å². The van der Waals surface area contributed by atoms with Crippen LogP contribution < -0.4 is 5.32 Å². The third kappa shape index (κ3) is 3.27. The van der Waals surface area contributed by atoms with E-state index in [9.17, 15) is 9.59 Å². The minimum absolute atomic E-state index is 0.0670. The third-order valence-corrected chi connectivity index (χ3v) is 5.22. The Kier molecular flexibility index (Phi) is 4.89. The average molecular weight is 371 g/mol. The second-order valence-corrected chi connectivity index (χ2v) is 6.91. The van der Waals surface area contributed by atoms with Crippen LogP contribution in [-0.2, 0) is 11.3 Å². The van der Waals surface area contributed by atoms with Crippen LogP contribution >= 0.6 is 0 Å². The van der Waals surface area contributed by atoms with E-state index < -0.39 is 5.92 Å². The normalized spacial score (nSPS) is 18.5. The molecule has 5 nitrogen and oxygen atoms in total. The summed E-state index contributed by atoms with van der Waals surface area (Å²) in [7, 11) is 1.76. The van der Waals surface area contributed by atoms with Gasteiger partial charge in [0.25, 0.3) is 5.91 Å². The SMILES string of the molecule is CN1C(=O)c2ccccc2[C@H](C(=O)NCc2ccncc2)[C@H]1c1ccccc1. The highest BCUT2D eigenvalue weighted by atomic mass is 16.2. The largest absolute Gasteiger partial charge is 0.351 e. The predicted octanol–water partition coefficient (Wildman–Crippen LogP) is 3.31. The molecular formula is C23H21N3O2. The molecule has 1 aliphatic rings. The van der Waals surface area contributed by atoms with Crippen LogP contribution in [0.5, 0.6) is 0 Å². The molecule has 28 heavy (non-hydrogen) atoms. The van der Waals surface area contributed by atoms with E-state index in [-0.39, 0.29) is 17.9 Å². The van der Waals surface area contributed by atoms with Crippen molar-refractivity contribution in [2.24, 2.45) is 0 Å². The molecule has 2 heterocycles. The van der Waals surface area contributed by atoms with Gasteiger partial charge in [-0.1, -0.05) is 48.5 Å². The van der Waals surface area contributed by atoms with Crippen LogP contribution in [0.3, 0.4) is 0 Å². The van der Waals surface area contributed by atoms with Gasteiger partial charge in [-0.2, -0.15) is 0 Å². The van der Waals surface area contributed by atoms with Crippen molar-refractivity contribution in [3.8, 4) is 0 Å². The zero-order valence-electron chi connectivity index (χ0n) is 15.6. The van der Waals surface area contributed by atoms with E-state index >= 15 is 0 Å². The number of carbonyl (C=O) groups excluding carboxylic acids is 2. The topological polar surface area (TPSA) is 62.3 Å². The standard InChI is InChI=1S/C23H21N3O2/c1-26-21(17-7-3-2-4-8-17)20(18-9-5-6-10-19(18)23(26)28)22(27)25-15-16-11-13-24-14-12-16/h2-14,20-21H,15H2,1H3,(H,25,27)/t20-,21+/m0/s1. The van der Waals surface area contributed by atoms with E-state index in [0.29, 0.717) is 12.1 Å². The molecular weight excluding hydrogens is 350 g/mol. The highest BCUT2D eigenvalue weighted by Crippen LogP contribution is 2.41. The Morgan fingerprint density at radius 1 is 1.00 bits per heavy atom. The molecule has 0 saturated heterocycles. The summed E-state index contributed by atoms with van der Waals surface area (Å²) < 4.78 is 0. The monoisotopic (exact) mass is 371 g/mol. The number of pyridine rings is 1. The second-order valence-electron chi connectivity index (χ2n) is 6.91. The van der Waals surface area contributed by atoms with Crippen LogP contribution in [0, 0.1) is 0 Å². The maximum atomic E-state index is 13.3. The van der Waals surface area contributed by atoms with Gasteiger partial charge in [0.05, 0.1) is 12.0 Å². The van der Waals surface area contributed by atoms with Crippen molar-refractivity contribution < 1.29 is 9.59 Å². The summed E-state index contributed by atoms with van der Waals surface area (Å²) in [5.74, 6) is -0.650. The summed E-state index contributed by atoms with van der Waals surface area (Å²) in [4.78, 5) is 31.9. The summed E-state index contributed by atoms with van der Waals surface area (Å²) in [6, 6.07) is 20.5. The van der Waals surface area contributed by atoms with Crippen molar-refractivity contribution in [3.63, 3.8) is 0 Å². The lowest BCUT2D eigenvalue weighted by molar-refractivity contribution is -0.124. The average Bonchev–Trinajstić information content (AvgIpc) is 2.75. The molecule has 2 amide bonds. The molecule has 0 aliphatic carbocycles. The van der Waals surface area contributed by atoms with Crippen LogP contribution in [0.25, 0.3) is 0 Å². The quantitative estimate of drug-likeness (QED) is 0.765. The third-order valence-electron chi connectivity index (χ3n) is 5.22. The predicted molar refractivity (Wildman–Crippen MR) is 107 cm³/mol. The maximum Gasteiger partial charge on any atom is 0.254 e. The number of hydrogen-bond donors (Lipinski definition) is 1. The van der Waals surface area contributed by atoms with Crippen molar-refractivity contribution in [2.75, 3.05) is 7.05 Å². The Labute approximate surface area is 164 Å². The van der Waals surface area contributed by atoms with Crippen LogP contribution in [0.4, 0.5) is 0 Å². The second kappa shape index (κ2) is 7.64. The van der Waals surface area contributed by atoms with Crippen molar-refractivity contribution in [1.29, 1.82) is 0 Å². The molecule has 2 aromatic carbocycles. The Morgan fingerprint density at radius 3 is 2.43 bits per heavy atom. The summed E-state index contributed by atoms with van der Waals surface area (Å²) in [5.41, 5.74) is 3.28. The Morgan fingerprint density at radius 2 is 1.68 bits per heavy atom. The van der Waals surface area contributed by atoms with E-state index in [1.165, 1.54) is 0 Å².